The fraction of sp³-hybridized carbons (Fsp3) is 0.200. The quantitative estimate of drug-likeness (QED) is 0.733. The highest BCUT2D eigenvalue weighted by atomic mass is 32.1. The molecule has 1 nitrogen and oxygen atoms in total. The van der Waals surface area contributed by atoms with Crippen molar-refractivity contribution in [1.29, 1.82) is 0 Å². The van der Waals surface area contributed by atoms with E-state index in [9.17, 15) is 8.78 Å². The van der Waals surface area contributed by atoms with Gasteiger partial charge in [-0.3, -0.25) is 0 Å². The average molecular weight is 309 g/mol. The molecular formula is C15H13F2NS2. The molecule has 0 spiro atoms. The Morgan fingerprint density at radius 2 is 1.95 bits per heavy atom. The Bertz CT molecular complexity index is 704. The summed E-state index contributed by atoms with van der Waals surface area (Å²) in [5.74, 6) is -1.59. The molecule has 0 aliphatic heterocycles. The Morgan fingerprint density at radius 3 is 2.65 bits per heavy atom. The number of hydrogen-bond acceptors (Lipinski definition) is 3. The molecule has 0 saturated heterocycles. The average Bonchev–Trinajstić information content (AvgIpc) is 3.01. The zero-order chi connectivity index (χ0) is 14.1. The number of halogens is 2. The van der Waals surface area contributed by atoms with E-state index in [2.05, 4.69) is 22.8 Å². The van der Waals surface area contributed by atoms with Gasteiger partial charge in [0.05, 0.1) is 0 Å². The third kappa shape index (κ3) is 2.61. The van der Waals surface area contributed by atoms with Crippen molar-refractivity contribution >= 4 is 32.1 Å². The van der Waals surface area contributed by atoms with Crippen molar-refractivity contribution < 1.29 is 8.78 Å². The zero-order valence-corrected chi connectivity index (χ0v) is 12.5. The summed E-state index contributed by atoms with van der Waals surface area (Å²) in [4.78, 5) is 1.22. The van der Waals surface area contributed by atoms with E-state index in [1.165, 1.54) is 26.4 Å². The minimum absolute atomic E-state index is 0.115. The molecule has 1 aromatic carbocycles. The Balaban J connectivity index is 1.86. The van der Waals surface area contributed by atoms with Crippen LogP contribution in [0.1, 0.15) is 16.5 Å². The maximum absolute atomic E-state index is 13.3. The van der Waals surface area contributed by atoms with Gasteiger partial charge in [0.2, 0.25) is 0 Å². The molecule has 1 N–H and O–H groups in total. The molecule has 0 amide bonds. The first-order chi connectivity index (χ1) is 9.67. The van der Waals surface area contributed by atoms with E-state index in [0.717, 1.165) is 5.56 Å². The van der Waals surface area contributed by atoms with Crippen LogP contribution in [0.25, 0.3) is 9.40 Å². The van der Waals surface area contributed by atoms with Crippen LogP contribution in [0, 0.1) is 11.6 Å². The fourth-order valence-corrected chi connectivity index (χ4v) is 4.43. The van der Waals surface area contributed by atoms with E-state index in [-0.39, 0.29) is 6.04 Å². The van der Waals surface area contributed by atoms with Gasteiger partial charge < -0.3 is 5.32 Å². The van der Waals surface area contributed by atoms with Crippen LogP contribution < -0.4 is 5.32 Å². The van der Waals surface area contributed by atoms with Crippen molar-refractivity contribution in [3.63, 3.8) is 0 Å². The molecule has 0 radical (unpaired) electrons. The summed E-state index contributed by atoms with van der Waals surface area (Å²) in [5, 5.41) is 5.33. The minimum Gasteiger partial charge on any atom is -0.312 e. The predicted octanol–water partition coefficient (Wildman–Crippen LogP) is 4.74. The highest BCUT2D eigenvalue weighted by Gasteiger charge is 2.15. The highest BCUT2D eigenvalue weighted by Crippen LogP contribution is 2.34. The monoisotopic (exact) mass is 309 g/mol. The van der Waals surface area contributed by atoms with E-state index in [1.807, 2.05) is 7.05 Å². The zero-order valence-electron chi connectivity index (χ0n) is 10.8. The maximum atomic E-state index is 13.3. The second-order valence-electron chi connectivity index (χ2n) is 4.59. The second kappa shape index (κ2) is 5.60. The number of likely N-dealkylation sites (N-methyl/N-ethyl adjacent to an activating group) is 1. The van der Waals surface area contributed by atoms with Gasteiger partial charge in [-0.1, -0.05) is 6.07 Å². The van der Waals surface area contributed by atoms with Gasteiger partial charge in [-0.25, -0.2) is 8.78 Å². The normalized spacial score (nSPS) is 12.9. The van der Waals surface area contributed by atoms with Gasteiger partial charge in [-0.2, -0.15) is 0 Å². The lowest BCUT2D eigenvalue weighted by molar-refractivity contribution is 0.505. The Morgan fingerprint density at radius 1 is 1.10 bits per heavy atom. The lowest BCUT2D eigenvalue weighted by atomic mass is 10.0. The summed E-state index contributed by atoms with van der Waals surface area (Å²) in [6.07, 6.45) is 0.640. The van der Waals surface area contributed by atoms with Crippen molar-refractivity contribution in [2.45, 2.75) is 12.5 Å². The van der Waals surface area contributed by atoms with Crippen LogP contribution in [0.2, 0.25) is 0 Å². The molecule has 0 aliphatic carbocycles. The molecule has 5 heteroatoms. The molecule has 3 aromatic rings. The van der Waals surface area contributed by atoms with Crippen LogP contribution in [0.15, 0.2) is 35.7 Å². The summed E-state index contributed by atoms with van der Waals surface area (Å²) >= 11 is 3.46. The summed E-state index contributed by atoms with van der Waals surface area (Å²) in [7, 11) is 1.89. The summed E-state index contributed by atoms with van der Waals surface area (Å²) in [6, 6.07) is 8.49. The molecule has 0 aliphatic rings. The number of nitrogens with one attached hydrogen (secondary N) is 1. The van der Waals surface area contributed by atoms with E-state index in [0.29, 0.717) is 6.42 Å². The van der Waals surface area contributed by atoms with Crippen LogP contribution in [0.3, 0.4) is 0 Å². The Hall–Kier alpha value is -1.30. The van der Waals surface area contributed by atoms with Gasteiger partial charge in [0.25, 0.3) is 0 Å². The van der Waals surface area contributed by atoms with E-state index in [4.69, 9.17) is 0 Å². The molecule has 0 bridgehead atoms. The Kier molecular flexibility index (Phi) is 3.83. The van der Waals surface area contributed by atoms with Crippen LogP contribution in [0.5, 0.6) is 0 Å². The molecule has 20 heavy (non-hydrogen) atoms. The van der Waals surface area contributed by atoms with Crippen molar-refractivity contribution in [3.05, 3.63) is 57.8 Å². The number of rotatable bonds is 4. The van der Waals surface area contributed by atoms with Gasteiger partial charge in [0.1, 0.15) is 0 Å². The minimum atomic E-state index is -0.800. The first-order valence-corrected chi connectivity index (χ1v) is 7.95. The van der Waals surface area contributed by atoms with Gasteiger partial charge in [0.15, 0.2) is 11.6 Å². The first kappa shape index (κ1) is 13.7. The molecule has 0 saturated carbocycles. The molecule has 2 aromatic heterocycles. The van der Waals surface area contributed by atoms with Gasteiger partial charge >= 0.3 is 0 Å². The van der Waals surface area contributed by atoms with Crippen molar-refractivity contribution in [3.8, 4) is 0 Å². The lowest BCUT2D eigenvalue weighted by Crippen LogP contribution is -2.17. The topological polar surface area (TPSA) is 12.0 Å². The van der Waals surface area contributed by atoms with E-state index in [1.54, 1.807) is 28.7 Å². The van der Waals surface area contributed by atoms with Crippen LogP contribution in [-0.4, -0.2) is 7.05 Å². The first-order valence-electron chi connectivity index (χ1n) is 6.25. The fourth-order valence-electron chi connectivity index (χ4n) is 2.20. The number of benzene rings is 1. The third-order valence-electron chi connectivity index (χ3n) is 3.27. The molecule has 2 heterocycles. The third-order valence-corrected chi connectivity index (χ3v) is 5.48. The summed E-state index contributed by atoms with van der Waals surface area (Å²) < 4.78 is 28.8. The molecule has 1 unspecified atom stereocenters. The van der Waals surface area contributed by atoms with Crippen LogP contribution in [0.4, 0.5) is 8.78 Å². The van der Waals surface area contributed by atoms with Crippen molar-refractivity contribution in [1.82, 2.24) is 5.32 Å². The van der Waals surface area contributed by atoms with Crippen LogP contribution >= 0.6 is 22.7 Å². The van der Waals surface area contributed by atoms with Crippen LogP contribution in [-0.2, 0) is 6.42 Å². The Labute approximate surface area is 123 Å². The molecular weight excluding hydrogens is 296 g/mol. The number of hydrogen-bond donors (Lipinski definition) is 1. The van der Waals surface area contributed by atoms with Gasteiger partial charge in [0, 0.05) is 20.3 Å². The standard InChI is InChI=1S/C15H13F2NS2/c1-18-12(7-9-2-3-10(16)11(17)6-9)14-8-15-13(20-14)4-5-19-15/h2-6,8,12,18H,7H2,1H3. The lowest BCUT2D eigenvalue weighted by Gasteiger charge is -2.14. The smallest absolute Gasteiger partial charge is 0.159 e. The predicted molar refractivity (Wildman–Crippen MR) is 81.6 cm³/mol. The van der Waals surface area contributed by atoms with Gasteiger partial charge in [-0.05, 0) is 48.7 Å². The summed E-state index contributed by atoms with van der Waals surface area (Å²) in [6.45, 7) is 0. The number of fused-ring (bicyclic) bond motifs is 1. The van der Waals surface area contributed by atoms with E-state index >= 15 is 0 Å². The number of thiophene rings is 2. The largest absolute Gasteiger partial charge is 0.312 e. The molecule has 104 valence electrons. The molecule has 0 fully saturated rings. The maximum Gasteiger partial charge on any atom is 0.159 e. The SMILES string of the molecule is CNC(Cc1ccc(F)c(F)c1)c1cc2sccc2s1. The second-order valence-corrected chi connectivity index (χ2v) is 6.65. The van der Waals surface area contributed by atoms with E-state index < -0.39 is 11.6 Å². The molecule has 3 rings (SSSR count). The highest BCUT2D eigenvalue weighted by molar-refractivity contribution is 7.26. The van der Waals surface area contributed by atoms with Crippen molar-refractivity contribution in [2.75, 3.05) is 7.05 Å². The summed E-state index contributed by atoms with van der Waals surface area (Å²) in [5.41, 5.74) is 0.792. The molecule has 1 atom stereocenters. The van der Waals surface area contributed by atoms with Gasteiger partial charge in [-0.15, -0.1) is 22.7 Å². The van der Waals surface area contributed by atoms with Crippen molar-refractivity contribution in [2.24, 2.45) is 0 Å².